The van der Waals surface area contributed by atoms with Gasteiger partial charge in [0.15, 0.2) is 0 Å². The monoisotopic (exact) mass is 265 g/mol. The van der Waals surface area contributed by atoms with Gasteiger partial charge < -0.3 is 10.1 Å². The first-order valence-corrected chi connectivity index (χ1v) is 7.93. The number of thioether (sulfide) groups is 1. The summed E-state index contributed by atoms with van der Waals surface area (Å²) in [7, 11) is 0. The van der Waals surface area contributed by atoms with E-state index in [1.165, 1.54) is 10.6 Å². The Morgan fingerprint density at radius 1 is 1.44 bits per heavy atom. The highest BCUT2D eigenvalue weighted by Gasteiger charge is 2.31. The van der Waals surface area contributed by atoms with Gasteiger partial charge in [-0.3, -0.25) is 0 Å². The molecular formula is C15H23NOS. The van der Waals surface area contributed by atoms with Gasteiger partial charge in [-0.15, -0.1) is 11.8 Å². The predicted octanol–water partition coefficient (Wildman–Crippen LogP) is 4.17. The van der Waals surface area contributed by atoms with Crippen LogP contribution in [0.3, 0.4) is 0 Å². The maximum atomic E-state index is 5.89. The molecule has 0 radical (unpaired) electrons. The zero-order valence-corrected chi connectivity index (χ0v) is 12.3. The van der Waals surface area contributed by atoms with Crippen LogP contribution >= 0.6 is 11.8 Å². The number of anilines is 1. The SMILES string of the molecule is CCC1(C)CC(Nc2ccccc2SC)CCO1. The maximum absolute atomic E-state index is 5.89. The average Bonchev–Trinajstić information content (AvgIpc) is 2.39. The summed E-state index contributed by atoms with van der Waals surface area (Å²) in [4.78, 5) is 1.32. The van der Waals surface area contributed by atoms with Gasteiger partial charge in [0.05, 0.1) is 5.60 Å². The fourth-order valence-electron chi connectivity index (χ4n) is 2.48. The highest BCUT2D eigenvalue weighted by atomic mass is 32.2. The first-order valence-electron chi connectivity index (χ1n) is 6.70. The number of hydrogen-bond donors (Lipinski definition) is 1. The van der Waals surface area contributed by atoms with Crippen molar-refractivity contribution in [2.24, 2.45) is 0 Å². The van der Waals surface area contributed by atoms with E-state index in [0.717, 1.165) is 25.9 Å². The molecule has 1 aromatic carbocycles. The molecule has 1 aliphatic rings. The Labute approximate surface area is 114 Å². The van der Waals surface area contributed by atoms with Crippen LogP contribution in [-0.4, -0.2) is 24.5 Å². The van der Waals surface area contributed by atoms with E-state index >= 15 is 0 Å². The second kappa shape index (κ2) is 5.98. The van der Waals surface area contributed by atoms with Crippen LogP contribution in [0, 0.1) is 0 Å². The molecule has 0 saturated carbocycles. The molecule has 2 atom stereocenters. The van der Waals surface area contributed by atoms with Gasteiger partial charge >= 0.3 is 0 Å². The van der Waals surface area contributed by atoms with Crippen LogP contribution in [0.5, 0.6) is 0 Å². The average molecular weight is 265 g/mol. The predicted molar refractivity (Wildman–Crippen MR) is 79.5 cm³/mol. The highest BCUT2D eigenvalue weighted by molar-refractivity contribution is 7.98. The Morgan fingerprint density at radius 2 is 2.22 bits per heavy atom. The molecule has 1 N–H and O–H groups in total. The molecule has 100 valence electrons. The van der Waals surface area contributed by atoms with Gasteiger partial charge in [-0.05, 0) is 44.6 Å². The van der Waals surface area contributed by atoms with Crippen LogP contribution in [-0.2, 0) is 4.74 Å². The van der Waals surface area contributed by atoms with E-state index in [4.69, 9.17) is 4.74 Å². The summed E-state index contributed by atoms with van der Waals surface area (Å²) in [5.74, 6) is 0. The quantitative estimate of drug-likeness (QED) is 0.826. The minimum Gasteiger partial charge on any atom is -0.381 e. The Balaban J connectivity index is 2.05. The van der Waals surface area contributed by atoms with Crippen molar-refractivity contribution < 1.29 is 4.74 Å². The number of hydrogen-bond acceptors (Lipinski definition) is 3. The second-order valence-corrected chi connectivity index (χ2v) is 6.03. The maximum Gasteiger partial charge on any atom is 0.0671 e. The topological polar surface area (TPSA) is 21.3 Å². The first kappa shape index (κ1) is 13.8. The van der Waals surface area contributed by atoms with Crippen molar-refractivity contribution in [3.8, 4) is 0 Å². The normalized spacial score (nSPS) is 28.1. The second-order valence-electron chi connectivity index (χ2n) is 5.19. The van der Waals surface area contributed by atoms with Crippen LogP contribution in [0.15, 0.2) is 29.2 Å². The molecule has 1 aromatic rings. The Kier molecular flexibility index (Phi) is 4.57. The lowest BCUT2D eigenvalue weighted by Crippen LogP contribution is -2.41. The summed E-state index contributed by atoms with van der Waals surface area (Å²) in [5, 5.41) is 3.69. The van der Waals surface area contributed by atoms with E-state index in [1.807, 2.05) is 0 Å². The van der Waals surface area contributed by atoms with Crippen molar-refractivity contribution in [3.63, 3.8) is 0 Å². The zero-order valence-electron chi connectivity index (χ0n) is 11.5. The number of benzene rings is 1. The number of ether oxygens (including phenoxy) is 1. The molecule has 1 aliphatic heterocycles. The van der Waals surface area contributed by atoms with Gasteiger partial charge in [-0.2, -0.15) is 0 Å². The lowest BCUT2D eigenvalue weighted by atomic mass is 9.90. The molecule has 18 heavy (non-hydrogen) atoms. The molecule has 2 nitrogen and oxygen atoms in total. The lowest BCUT2D eigenvalue weighted by Gasteiger charge is -2.38. The van der Waals surface area contributed by atoms with Gasteiger partial charge in [0, 0.05) is 23.2 Å². The molecule has 2 rings (SSSR count). The van der Waals surface area contributed by atoms with E-state index < -0.39 is 0 Å². The molecule has 0 aromatic heterocycles. The molecule has 1 saturated heterocycles. The minimum atomic E-state index is 0.0459. The summed E-state index contributed by atoms with van der Waals surface area (Å²) in [6.07, 6.45) is 5.39. The van der Waals surface area contributed by atoms with E-state index in [0.29, 0.717) is 6.04 Å². The largest absolute Gasteiger partial charge is 0.381 e. The van der Waals surface area contributed by atoms with Crippen LogP contribution in [0.2, 0.25) is 0 Å². The van der Waals surface area contributed by atoms with Gasteiger partial charge in [-0.1, -0.05) is 19.1 Å². The van der Waals surface area contributed by atoms with Crippen molar-refractivity contribution in [3.05, 3.63) is 24.3 Å². The van der Waals surface area contributed by atoms with Crippen LogP contribution in [0.1, 0.15) is 33.1 Å². The lowest BCUT2D eigenvalue weighted by molar-refractivity contribution is -0.0709. The van der Waals surface area contributed by atoms with Gasteiger partial charge in [0.25, 0.3) is 0 Å². The Hall–Kier alpha value is -0.670. The number of nitrogens with one attached hydrogen (secondary N) is 1. The zero-order chi connectivity index (χ0) is 13.0. The third kappa shape index (κ3) is 3.21. The van der Waals surface area contributed by atoms with Gasteiger partial charge in [0.1, 0.15) is 0 Å². The molecule has 0 aliphatic carbocycles. The van der Waals surface area contributed by atoms with Crippen molar-refractivity contribution >= 4 is 17.4 Å². The third-order valence-electron chi connectivity index (χ3n) is 3.81. The fraction of sp³-hybridized carbons (Fsp3) is 0.600. The summed E-state index contributed by atoms with van der Waals surface area (Å²) in [6, 6.07) is 9.06. The van der Waals surface area contributed by atoms with Gasteiger partial charge in [-0.25, -0.2) is 0 Å². The highest BCUT2D eigenvalue weighted by Crippen LogP contribution is 2.32. The molecule has 3 heteroatoms. The standard InChI is InChI=1S/C15H23NOS/c1-4-15(2)11-12(9-10-17-15)16-13-7-5-6-8-14(13)18-3/h5-8,12,16H,4,9-11H2,1-3H3. The minimum absolute atomic E-state index is 0.0459. The Morgan fingerprint density at radius 3 is 2.94 bits per heavy atom. The molecule has 2 unspecified atom stereocenters. The van der Waals surface area contributed by atoms with E-state index in [1.54, 1.807) is 11.8 Å². The van der Waals surface area contributed by atoms with Gasteiger partial charge in [0.2, 0.25) is 0 Å². The first-order chi connectivity index (χ1) is 8.67. The third-order valence-corrected chi connectivity index (χ3v) is 4.61. The van der Waals surface area contributed by atoms with E-state index in [9.17, 15) is 0 Å². The number of para-hydroxylation sites is 1. The molecule has 1 fully saturated rings. The van der Waals surface area contributed by atoms with Crippen LogP contribution in [0.25, 0.3) is 0 Å². The summed E-state index contributed by atoms with van der Waals surface area (Å²) >= 11 is 1.80. The Bertz CT molecular complexity index is 396. The molecule has 1 heterocycles. The van der Waals surface area contributed by atoms with Crippen molar-refractivity contribution in [2.75, 3.05) is 18.2 Å². The molecule has 0 spiro atoms. The smallest absolute Gasteiger partial charge is 0.0671 e. The molecule has 0 amide bonds. The molecular weight excluding hydrogens is 242 g/mol. The fourth-order valence-corrected chi connectivity index (χ4v) is 3.04. The van der Waals surface area contributed by atoms with Crippen LogP contribution in [0.4, 0.5) is 5.69 Å². The van der Waals surface area contributed by atoms with E-state index in [2.05, 4.69) is 49.7 Å². The summed E-state index contributed by atoms with van der Waals surface area (Å²) < 4.78 is 5.89. The van der Waals surface area contributed by atoms with Crippen LogP contribution < -0.4 is 5.32 Å². The van der Waals surface area contributed by atoms with Crippen molar-refractivity contribution in [1.29, 1.82) is 0 Å². The van der Waals surface area contributed by atoms with Crippen molar-refractivity contribution in [1.82, 2.24) is 0 Å². The molecule has 0 bridgehead atoms. The summed E-state index contributed by atoms with van der Waals surface area (Å²) in [6.45, 7) is 5.29. The summed E-state index contributed by atoms with van der Waals surface area (Å²) in [5.41, 5.74) is 1.31. The van der Waals surface area contributed by atoms with E-state index in [-0.39, 0.29) is 5.60 Å². The van der Waals surface area contributed by atoms with Crippen molar-refractivity contribution in [2.45, 2.75) is 49.6 Å². The number of rotatable bonds is 4.